The van der Waals surface area contributed by atoms with Crippen molar-refractivity contribution < 1.29 is 19.3 Å². The highest BCUT2D eigenvalue weighted by Crippen LogP contribution is 2.38. The number of methoxy groups -OCH3 is 3. The van der Waals surface area contributed by atoms with Crippen LogP contribution in [-0.2, 0) is 11.3 Å². The molecule has 1 heterocycles. The molecule has 0 amide bonds. The molecule has 0 aliphatic carbocycles. The van der Waals surface area contributed by atoms with Gasteiger partial charge in [-0.2, -0.15) is 0 Å². The highest BCUT2D eigenvalue weighted by Gasteiger charge is 2.35. The van der Waals surface area contributed by atoms with E-state index in [0.717, 1.165) is 50.2 Å². The number of benzene rings is 1. The summed E-state index contributed by atoms with van der Waals surface area (Å²) in [6.45, 7) is 3.40. The Morgan fingerprint density at radius 1 is 1.25 bits per heavy atom. The van der Waals surface area contributed by atoms with E-state index >= 15 is 0 Å². The zero-order chi connectivity index (χ0) is 17.6. The Hall–Kier alpha value is -1.01. The number of aliphatic hydroxyl groups is 1. The van der Waals surface area contributed by atoms with E-state index in [4.69, 9.17) is 25.8 Å². The average Bonchev–Trinajstić information content (AvgIpc) is 2.59. The van der Waals surface area contributed by atoms with E-state index in [1.165, 1.54) is 0 Å². The normalized spacial score (nSPS) is 21.7. The van der Waals surface area contributed by atoms with Crippen molar-refractivity contribution in [2.45, 2.75) is 25.8 Å². The van der Waals surface area contributed by atoms with Gasteiger partial charge < -0.3 is 19.3 Å². The number of aliphatic hydroxyl groups excluding tert-OH is 1. The average molecular weight is 358 g/mol. The number of rotatable bonds is 8. The molecule has 1 N–H and O–H groups in total. The molecular weight excluding hydrogens is 330 g/mol. The first-order valence-electron chi connectivity index (χ1n) is 8.30. The molecule has 1 aromatic carbocycles. The second kappa shape index (κ2) is 8.90. The fourth-order valence-electron chi connectivity index (χ4n) is 3.54. The van der Waals surface area contributed by atoms with Crippen molar-refractivity contribution >= 4 is 11.6 Å². The lowest BCUT2D eigenvalue weighted by molar-refractivity contribution is 0.00454. The number of likely N-dealkylation sites (tertiary alicyclic amines) is 1. The van der Waals surface area contributed by atoms with Gasteiger partial charge in [0.15, 0.2) is 11.5 Å². The van der Waals surface area contributed by atoms with Crippen LogP contribution in [0.3, 0.4) is 0 Å². The topological polar surface area (TPSA) is 51.2 Å². The summed E-state index contributed by atoms with van der Waals surface area (Å²) in [6, 6.07) is 3.68. The second-order valence-electron chi connectivity index (χ2n) is 6.52. The van der Waals surface area contributed by atoms with Crippen LogP contribution in [0.1, 0.15) is 24.8 Å². The van der Waals surface area contributed by atoms with Gasteiger partial charge in [0.25, 0.3) is 0 Å². The minimum atomic E-state index is -0.0931. The predicted molar refractivity (Wildman–Crippen MR) is 95.1 cm³/mol. The van der Waals surface area contributed by atoms with Gasteiger partial charge >= 0.3 is 0 Å². The monoisotopic (exact) mass is 357 g/mol. The molecule has 0 radical (unpaired) electrons. The summed E-state index contributed by atoms with van der Waals surface area (Å²) in [5, 5.41) is 10.6. The highest BCUT2D eigenvalue weighted by atomic mass is 35.5. The number of hydrogen-bond acceptors (Lipinski definition) is 5. The first-order chi connectivity index (χ1) is 11.6. The van der Waals surface area contributed by atoms with Crippen molar-refractivity contribution in [3.8, 4) is 11.5 Å². The maximum Gasteiger partial charge on any atom is 0.165 e. The SMILES string of the molecule is COCCC1(CO)CCCN(Cc2cc(Cl)cc(OC)c2OC)C1. The number of hydrogen-bond donors (Lipinski definition) is 1. The van der Waals surface area contributed by atoms with Gasteiger partial charge in [-0.3, -0.25) is 4.90 Å². The fourth-order valence-corrected chi connectivity index (χ4v) is 3.77. The molecule has 0 bridgehead atoms. The van der Waals surface area contributed by atoms with Crippen molar-refractivity contribution in [1.82, 2.24) is 4.90 Å². The van der Waals surface area contributed by atoms with Gasteiger partial charge in [-0.1, -0.05) is 11.6 Å². The maximum atomic E-state index is 9.93. The third-order valence-electron chi connectivity index (χ3n) is 4.83. The molecule has 1 atom stereocenters. The first kappa shape index (κ1) is 19.3. The van der Waals surface area contributed by atoms with Crippen LogP contribution < -0.4 is 9.47 Å². The van der Waals surface area contributed by atoms with Gasteiger partial charge in [0.05, 0.1) is 20.8 Å². The van der Waals surface area contributed by atoms with E-state index in [9.17, 15) is 5.11 Å². The third-order valence-corrected chi connectivity index (χ3v) is 5.05. The number of piperidine rings is 1. The van der Waals surface area contributed by atoms with Crippen molar-refractivity contribution in [2.24, 2.45) is 5.41 Å². The molecule has 0 saturated carbocycles. The lowest BCUT2D eigenvalue weighted by atomic mass is 9.78. The zero-order valence-electron chi connectivity index (χ0n) is 14.8. The van der Waals surface area contributed by atoms with Crippen molar-refractivity contribution in [3.05, 3.63) is 22.7 Å². The first-order valence-corrected chi connectivity index (χ1v) is 8.68. The molecule has 1 unspecified atom stereocenters. The van der Waals surface area contributed by atoms with Gasteiger partial charge in [-0.05, 0) is 31.9 Å². The molecule has 1 aliphatic rings. The summed E-state index contributed by atoms with van der Waals surface area (Å²) in [6.07, 6.45) is 2.95. The van der Waals surface area contributed by atoms with E-state index in [1.807, 2.05) is 6.07 Å². The lowest BCUT2D eigenvalue weighted by Gasteiger charge is -2.42. The Bertz CT molecular complexity index is 540. The van der Waals surface area contributed by atoms with Crippen LogP contribution in [0.4, 0.5) is 0 Å². The van der Waals surface area contributed by atoms with Gasteiger partial charge in [-0.25, -0.2) is 0 Å². The molecule has 5 nitrogen and oxygen atoms in total. The van der Waals surface area contributed by atoms with Crippen LogP contribution in [0.5, 0.6) is 11.5 Å². The highest BCUT2D eigenvalue weighted by molar-refractivity contribution is 6.30. The Kier molecular flexibility index (Phi) is 7.16. The fraction of sp³-hybridized carbons (Fsp3) is 0.667. The minimum absolute atomic E-state index is 0.0931. The Morgan fingerprint density at radius 2 is 2.04 bits per heavy atom. The number of nitrogens with zero attached hydrogens (tertiary/aromatic N) is 1. The standard InChI is InChI=1S/C18H28ClNO4/c1-22-8-6-18(13-21)5-4-7-20(12-18)11-14-9-15(19)10-16(23-2)17(14)24-3/h9-10,21H,4-8,11-13H2,1-3H3. The molecule has 1 fully saturated rings. The molecule has 6 heteroatoms. The number of ether oxygens (including phenoxy) is 3. The van der Waals surface area contributed by atoms with Crippen LogP contribution in [0.2, 0.25) is 5.02 Å². The molecule has 1 aromatic rings. The summed E-state index contributed by atoms with van der Waals surface area (Å²) in [5.74, 6) is 1.36. The molecule has 0 spiro atoms. The van der Waals surface area contributed by atoms with Gasteiger partial charge in [0.1, 0.15) is 0 Å². The van der Waals surface area contributed by atoms with E-state index < -0.39 is 0 Å². The lowest BCUT2D eigenvalue weighted by Crippen LogP contribution is -2.45. The van der Waals surface area contributed by atoms with Gasteiger partial charge in [0, 0.05) is 48.9 Å². The van der Waals surface area contributed by atoms with E-state index in [2.05, 4.69) is 4.90 Å². The van der Waals surface area contributed by atoms with Crippen LogP contribution >= 0.6 is 11.6 Å². The quantitative estimate of drug-likeness (QED) is 0.775. The molecule has 136 valence electrons. The van der Waals surface area contributed by atoms with Crippen molar-refractivity contribution in [3.63, 3.8) is 0 Å². The van der Waals surface area contributed by atoms with Crippen molar-refractivity contribution in [1.29, 1.82) is 0 Å². The van der Waals surface area contributed by atoms with Crippen LogP contribution in [0.15, 0.2) is 12.1 Å². The van der Waals surface area contributed by atoms with Crippen LogP contribution in [0, 0.1) is 5.41 Å². The van der Waals surface area contributed by atoms with Crippen LogP contribution in [-0.4, -0.2) is 57.6 Å². The predicted octanol–water partition coefficient (Wildman–Crippen LogP) is 2.97. The zero-order valence-corrected chi connectivity index (χ0v) is 15.6. The number of halogens is 1. The molecule has 2 rings (SSSR count). The van der Waals surface area contributed by atoms with Gasteiger partial charge in [-0.15, -0.1) is 0 Å². The third kappa shape index (κ3) is 4.54. The second-order valence-corrected chi connectivity index (χ2v) is 6.95. The Balaban J connectivity index is 2.17. The van der Waals surface area contributed by atoms with Crippen LogP contribution in [0.25, 0.3) is 0 Å². The summed E-state index contributed by atoms with van der Waals surface area (Å²) < 4.78 is 16.1. The Morgan fingerprint density at radius 3 is 2.67 bits per heavy atom. The summed E-state index contributed by atoms with van der Waals surface area (Å²) >= 11 is 6.22. The molecule has 1 saturated heterocycles. The van der Waals surface area contributed by atoms with Crippen molar-refractivity contribution in [2.75, 3.05) is 47.6 Å². The maximum absolute atomic E-state index is 9.93. The largest absolute Gasteiger partial charge is 0.493 e. The minimum Gasteiger partial charge on any atom is -0.493 e. The molecular formula is C18H28ClNO4. The van der Waals surface area contributed by atoms with E-state index in [0.29, 0.717) is 17.4 Å². The van der Waals surface area contributed by atoms with E-state index in [-0.39, 0.29) is 12.0 Å². The molecule has 1 aliphatic heterocycles. The molecule has 24 heavy (non-hydrogen) atoms. The van der Waals surface area contributed by atoms with E-state index in [1.54, 1.807) is 27.4 Å². The van der Waals surface area contributed by atoms with Gasteiger partial charge in [0.2, 0.25) is 0 Å². The Labute approximate surface area is 149 Å². The summed E-state index contributed by atoms with van der Waals surface area (Å²) in [4.78, 5) is 2.35. The summed E-state index contributed by atoms with van der Waals surface area (Å²) in [7, 11) is 4.96. The smallest absolute Gasteiger partial charge is 0.165 e. The molecule has 0 aromatic heterocycles. The summed E-state index contributed by atoms with van der Waals surface area (Å²) in [5.41, 5.74) is 0.909.